The monoisotopic (exact) mass is 400 g/mol. The third kappa shape index (κ3) is 6.37. The number of carbonyl (C=O) groups is 1. The zero-order chi connectivity index (χ0) is 20.0. The van der Waals surface area contributed by atoms with E-state index in [1.54, 1.807) is 0 Å². The normalized spacial score (nSPS) is 29.8. The zero-order valence-electron chi connectivity index (χ0n) is 17.7. The molecule has 4 nitrogen and oxygen atoms in total. The van der Waals surface area contributed by atoms with Crippen LogP contribution >= 0.6 is 11.8 Å². The fraction of sp³-hybridized carbons (Fsp3) is 0.955. The van der Waals surface area contributed by atoms with Crippen LogP contribution in [0.15, 0.2) is 0 Å². The van der Waals surface area contributed by atoms with Gasteiger partial charge in [0.2, 0.25) is 0 Å². The number of aliphatic carboxylic acids is 1. The number of hydrogen-bond donors (Lipinski definition) is 2. The van der Waals surface area contributed by atoms with E-state index >= 15 is 0 Å². The predicted molar refractivity (Wildman–Crippen MR) is 112 cm³/mol. The lowest BCUT2D eigenvalue weighted by molar-refractivity contribution is -0.137. The summed E-state index contributed by atoms with van der Waals surface area (Å²) in [4.78, 5) is 10.7. The number of aliphatic hydroxyl groups is 1. The van der Waals surface area contributed by atoms with Crippen molar-refractivity contribution >= 4 is 17.7 Å². The number of carboxylic acid groups (broad SMARTS) is 1. The van der Waals surface area contributed by atoms with E-state index in [2.05, 4.69) is 27.7 Å². The van der Waals surface area contributed by atoms with Gasteiger partial charge in [0.05, 0.1) is 18.3 Å². The fourth-order valence-corrected chi connectivity index (χ4v) is 6.27. The molecule has 5 heteroatoms. The fourth-order valence-electron chi connectivity index (χ4n) is 4.98. The van der Waals surface area contributed by atoms with Gasteiger partial charge in [-0.3, -0.25) is 4.79 Å². The molecule has 0 aromatic carbocycles. The minimum atomic E-state index is -0.705. The first-order valence-electron chi connectivity index (χ1n) is 10.9. The van der Waals surface area contributed by atoms with Crippen molar-refractivity contribution in [3.63, 3.8) is 0 Å². The van der Waals surface area contributed by atoms with E-state index in [9.17, 15) is 9.90 Å². The summed E-state index contributed by atoms with van der Waals surface area (Å²) >= 11 is 1.90. The molecule has 158 valence electrons. The Hall–Kier alpha value is -0.260. The Morgan fingerprint density at radius 1 is 1.26 bits per heavy atom. The lowest BCUT2D eigenvalue weighted by Crippen LogP contribution is -2.36. The highest BCUT2D eigenvalue weighted by molar-refractivity contribution is 7.99. The molecule has 0 spiro atoms. The van der Waals surface area contributed by atoms with Gasteiger partial charge < -0.3 is 14.9 Å². The first-order chi connectivity index (χ1) is 12.8. The Balaban J connectivity index is 1.85. The smallest absolute Gasteiger partial charge is 0.303 e. The van der Waals surface area contributed by atoms with Crippen LogP contribution < -0.4 is 0 Å². The van der Waals surface area contributed by atoms with E-state index in [0.717, 1.165) is 44.3 Å². The molecule has 0 amide bonds. The highest BCUT2D eigenvalue weighted by Crippen LogP contribution is 2.49. The summed E-state index contributed by atoms with van der Waals surface area (Å²) in [5.41, 5.74) is -0.0127. The summed E-state index contributed by atoms with van der Waals surface area (Å²) in [7, 11) is 0. The number of carboxylic acids is 1. The van der Waals surface area contributed by atoms with E-state index < -0.39 is 5.97 Å². The minimum absolute atomic E-state index is 0.0127. The summed E-state index contributed by atoms with van der Waals surface area (Å²) in [6, 6.07) is 0. The van der Waals surface area contributed by atoms with Crippen molar-refractivity contribution < 1.29 is 19.7 Å². The molecule has 2 aliphatic heterocycles. The van der Waals surface area contributed by atoms with E-state index in [0.29, 0.717) is 29.3 Å². The van der Waals surface area contributed by atoms with Crippen molar-refractivity contribution in [3.8, 4) is 0 Å². The number of unbranched alkanes of at least 4 members (excludes halogenated alkanes) is 1. The van der Waals surface area contributed by atoms with Crippen LogP contribution in [-0.2, 0) is 9.53 Å². The highest BCUT2D eigenvalue weighted by Gasteiger charge is 2.50. The molecule has 0 saturated carbocycles. The van der Waals surface area contributed by atoms with Gasteiger partial charge in [-0.05, 0) is 55.6 Å². The zero-order valence-corrected chi connectivity index (χ0v) is 18.5. The Bertz CT molecular complexity index is 467. The summed E-state index contributed by atoms with van der Waals surface area (Å²) in [5, 5.41) is 20.1. The van der Waals surface area contributed by atoms with Crippen LogP contribution in [0.25, 0.3) is 0 Å². The average Bonchev–Trinajstić information content (AvgIpc) is 3.22. The molecule has 2 saturated heterocycles. The summed E-state index contributed by atoms with van der Waals surface area (Å²) in [6.07, 6.45) is 9.15. The molecule has 27 heavy (non-hydrogen) atoms. The Kier molecular flexibility index (Phi) is 8.95. The second-order valence-corrected chi connectivity index (χ2v) is 10.8. The van der Waals surface area contributed by atoms with E-state index in [1.165, 1.54) is 12.8 Å². The molecule has 0 aromatic heterocycles. The van der Waals surface area contributed by atoms with E-state index in [4.69, 9.17) is 9.84 Å². The standard InChI is InChI=1S/C22H40O4S/c1-5-6-13-22(3,4)19(23)12-9-16-17-10-11-18(26-17)21(16)15(2)27-14-7-8-20(24)25/h15-19,21,23H,5-14H2,1-4H3,(H,24,25). The molecule has 2 rings (SSSR count). The topological polar surface area (TPSA) is 66.8 Å². The molecule has 6 unspecified atom stereocenters. The van der Waals surface area contributed by atoms with Gasteiger partial charge in [0.25, 0.3) is 0 Å². The van der Waals surface area contributed by atoms with Crippen molar-refractivity contribution in [1.82, 2.24) is 0 Å². The van der Waals surface area contributed by atoms with Crippen LogP contribution in [0.4, 0.5) is 0 Å². The van der Waals surface area contributed by atoms with Gasteiger partial charge in [0, 0.05) is 17.6 Å². The van der Waals surface area contributed by atoms with Gasteiger partial charge in [-0.15, -0.1) is 0 Å². The summed E-state index contributed by atoms with van der Waals surface area (Å²) in [6.45, 7) is 8.88. The molecule has 2 heterocycles. The Morgan fingerprint density at radius 2 is 1.96 bits per heavy atom. The van der Waals surface area contributed by atoms with Crippen LogP contribution in [0.5, 0.6) is 0 Å². The van der Waals surface area contributed by atoms with Gasteiger partial charge in [-0.1, -0.05) is 40.5 Å². The predicted octanol–water partition coefficient (Wildman–Crippen LogP) is 5.12. The SMILES string of the molecule is CCCCC(C)(C)C(O)CCC1C2CCC(O2)C1C(C)SCCCC(=O)O. The number of aliphatic hydroxyl groups excluding tert-OH is 1. The maximum atomic E-state index is 10.8. The first kappa shape index (κ1) is 23.0. The maximum absolute atomic E-state index is 10.8. The highest BCUT2D eigenvalue weighted by atomic mass is 32.2. The summed E-state index contributed by atoms with van der Waals surface area (Å²) < 4.78 is 6.26. The molecular weight excluding hydrogens is 360 g/mol. The molecule has 0 aliphatic carbocycles. The molecule has 0 radical (unpaired) electrons. The van der Waals surface area contributed by atoms with Crippen LogP contribution in [0.3, 0.4) is 0 Å². The van der Waals surface area contributed by atoms with Gasteiger partial charge in [-0.2, -0.15) is 11.8 Å². The average molecular weight is 401 g/mol. The minimum Gasteiger partial charge on any atom is -0.481 e. The summed E-state index contributed by atoms with van der Waals surface area (Å²) in [5.74, 6) is 1.29. The first-order valence-corrected chi connectivity index (χ1v) is 12.0. The number of fused-ring (bicyclic) bond motifs is 2. The Labute approximate surface area is 169 Å². The van der Waals surface area contributed by atoms with Gasteiger partial charge in [0.15, 0.2) is 0 Å². The largest absolute Gasteiger partial charge is 0.481 e. The van der Waals surface area contributed by atoms with Crippen LogP contribution in [0, 0.1) is 17.3 Å². The molecule has 2 bridgehead atoms. The molecule has 0 aromatic rings. The molecule has 2 fully saturated rings. The van der Waals surface area contributed by atoms with Crippen molar-refractivity contribution in [2.24, 2.45) is 17.3 Å². The third-order valence-corrected chi connectivity index (χ3v) is 8.16. The lowest BCUT2D eigenvalue weighted by atomic mass is 9.73. The van der Waals surface area contributed by atoms with E-state index in [-0.39, 0.29) is 17.9 Å². The second-order valence-electron chi connectivity index (χ2n) is 9.29. The van der Waals surface area contributed by atoms with E-state index in [1.807, 2.05) is 11.8 Å². The number of rotatable bonds is 13. The van der Waals surface area contributed by atoms with Gasteiger partial charge in [0.1, 0.15) is 0 Å². The number of ether oxygens (including phenoxy) is 1. The number of thioether (sulfide) groups is 1. The molecule has 6 atom stereocenters. The number of hydrogen-bond acceptors (Lipinski definition) is 4. The van der Waals surface area contributed by atoms with Crippen molar-refractivity contribution in [2.75, 3.05) is 5.75 Å². The van der Waals surface area contributed by atoms with Gasteiger partial charge >= 0.3 is 5.97 Å². The lowest BCUT2D eigenvalue weighted by Gasteiger charge is -2.35. The quantitative estimate of drug-likeness (QED) is 0.420. The molecular formula is C22H40O4S. The third-order valence-electron chi connectivity index (χ3n) is 6.79. The van der Waals surface area contributed by atoms with Crippen molar-refractivity contribution in [3.05, 3.63) is 0 Å². The maximum Gasteiger partial charge on any atom is 0.303 e. The van der Waals surface area contributed by atoms with Gasteiger partial charge in [-0.25, -0.2) is 0 Å². The van der Waals surface area contributed by atoms with Crippen LogP contribution in [-0.4, -0.2) is 45.5 Å². The second kappa shape index (κ2) is 10.5. The molecule has 2 N–H and O–H groups in total. The Morgan fingerprint density at radius 3 is 2.63 bits per heavy atom. The van der Waals surface area contributed by atoms with Crippen LogP contribution in [0.1, 0.15) is 85.5 Å². The molecule has 2 aliphatic rings. The van der Waals surface area contributed by atoms with Crippen molar-refractivity contribution in [2.45, 2.75) is 109 Å². The van der Waals surface area contributed by atoms with Crippen LogP contribution in [0.2, 0.25) is 0 Å². The van der Waals surface area contributed by atoms with Crippen molar-refractivity contribution in [1.29, 1.82) is 0 Å².